The minimum Gasteiger partial charge on any atom is -0.382 e. The molecule has 1 fully saturated rings. The molecular weight excluding hydrogens is 438 g/mol. The Morgan fingerprint density at radius 1 is 0.906 bits per heavy atom. The van der Waals surface area contributed by atoms with Crippen LogP contribution in [-0.2, 0) is 12.4 Å². The Kier molecular flexibility index (Phi) is 6.62. The highest BCUT2D eigenvalue weighted by Gasteiger charge is 2.39. The van der Waals surface area contributed by atoms with Gasteiger partial charge in [0, 0.05) is 23.3 Å². The number of carbonyl (C=O) groups excluding carboxylic acids is 1. The minimum atomic E-state index is -5.01. The third-order valence-electron chi connectivity index (χ3n) is 5.12. The third kappa shape index (κ3) is 5.90. The summed E-state index contributed by atoms with van der Waals surface area (Å²) in [4.78, 5) is 15.0. The molecule has 5 nitrogen and oxygen atoms in total. The van der Waals surface area contributed by atoms with Gasteiger partial charge in [0.1, 0.15) is 11.4 Å². The molecule has 1 amide bonds. The van der Waals surface area contributed by atoms with Crippen LogP contribution in [0.5, 0.6) is 0 Å². The molecule has 1 saturated carbocycles. The van der Waals surface area contributed by atoms with Gasteiger partial charge in [-0.2, -0.15) is 31.6 Å². The van der Waals surface area contributed by atoms with Crippen molar-refractivity contribution in [2.75, 3.05) is 5.32 Å². The van der Waals surface area contributed by atoms with E-state index in [4.69, 9.17) is 5.26 Å². The summed E-state index contributed by atoms with van der Waals surface area (Å²) in [5, 5.41) is 14.4. The van der Waals surface area contributed by atoms with Crippen LogP contribution in [0.15, 0.2) is 36.4 Å². The monoisotopic (exact) mass is 456 g/mol. The first-order valence-electron chi connectivity index (χ1n) is 9.70. The van der Waals surface area contributed by atoms with E-state index in [0.717, 1.165) is 0 Å². The van der Waals surface area contributed by atoms with E-state index in [1.54, 1.807) is 0 Å². The number of halogens is 6. The Labute approximate surface area is 179 Å². The van der Waals surface area contributed by atoms with E-state index < -0.39 is 23.7 Å². The number of rotatable bonds is 4. The predicted octanol–water partition coefficient (Wildman–Crippen LogP) is 5.14. The van der Waals surface area contributed by atoms with Gasteiger partial charge in [0.25, 0.3) is 5.91 Å². The maximum atomic E-state index is 13.0. The lowest BCUT2D eigenvalue weighted by Crippen LogP contribution is -2.40. The van der Waals surface area contributed by atoms with Crippen LogP contribution in [0.2, 0.25) is 0 Å². The van der Waals surface area contributed by atoms with Crippen LogP contribution in [0, 0.1) is 11.3 Å². The van der Waals surface area contributed by atoms with Crippen molar-refractivity contribution in [3.63, 3.8) is 0 Å². The van der Waals surface area contributed by atoms with Gasteiger partial charge in [-0.05, 0) is 62.1 Å². The van der Waals surface area contributed by atoms with Crippen LogP contribution in [0.25, 0.3) is 0 Å². The maximum absolute atomic E-state index is 13.0. The summed E-state index contributed by atoms with van der Waals surface area (Å²) in [5.41, 5.74) is -2.71. The normalized spacial score (nSPS) is 19.2. The van der Waals surface area contributed by atoms with Crippen LogP contribution < -0.4 is 10.6 Å². The van der Waals surface area contributed by atoms with Crippen molar-refractivity contribution in [3.05, 3.63) is 58.9 Å². The molecule has 32 heavy (non-hydrogen) atoms. The van der Waals surface area contributed by atoms with Crippen molar-refractivity contribution in [1.82, 2.24) is 10.3 Å². The van der Waals surface area contributed by atoms with E-state index >= 15 is 0 Å². The molecule has 0 bridgehead atoms. The number of amides is 1. The summed E-state index contributed by atoms with van der Waals surface area (Å²) in [5.74, 6) is -0.315. The minimum absolute atomic E-state index is 0.176. The number of nitriles is 1. The van der Waals surface area contributed by atoms with Crippen molar-refractivity contribution < 1.29 is 31.1 Å². The molecule has 11 heteroatoms. The second kappa shape index (κ2) is 9.06. The highest BCUT2D eigenvalue weighted by molar-refractivity contribution is 5.94. The molecule has 1 heterocycles. The summed E-state index contributed by atoms with van der Waals surface area (Å²) in [6, 6.07) is 8.66. The van der Waals surface area contributed by atoms with Crippen molar-refractivity contribution in [2.24, 2.45) is 0 Å². The number of benzene rings is 1. The van der Waals surface area contributed by atoms with Gasteiger partial charge in [0.05, 0.1) is 11.6 Å². The first kappa shape index (κ1) is 23.4. The van der Waals surface area contributed by atoms with Gasteiger partial charge in [-0.3, -0.25) is 4.79 Å². The lowest BCUT2D eigenvalue weighted by atomic mass is 9.90. The fourth-order valence-electron chi connectivity index (χ4n) is 3.49. The van der Waals surface area contributed by atoms with Gasteiger partial charge >= 0.3 is 12.4 Å². The molecule has 1 aromatic heterocycles. The molecule has 2 N–H and O–H groups in total. The van der Waals surface area contributed by atoms with Crippen LogP contribution in [0.4, 0.5) is 32.0 Å². The smallest absolute Gasteiger partial charge is 0.382 e. The Balaban J connectivity index is 1.61. The molecule has 1 aromatic carbocycles. The molecule has 0 spiro atoms. The molecular formula is C21H18F6N4O. The maximum Gasteiger partial charge on any atom is 0.433 e. The van der Waals surface area contributed by atoms with E-state index in [0.29, 0.717) is 48.9 Å². The second-order valence-electron chi connectivity index (χ2n) is 7.48. The molecule has 0 aliphatic heterocycles. The Bertz CT molecular complexity index is 971. The van der Waals surface area contributed by atoms with E-state index in [1.807, 2.05) is 6.07 Å². The Morgan fingerprint density at radius 3 is 1.88 bits per heavy atom. The first-order chi connectivity index (χ1) is 15.0. The molecule has 0 atom stereocenters. The van der Waals surface area contributed by atoms with E-state index in [1.165, 1.54) is 24.3 Å². The Morgan fingerprint density at radius 2 is 1.41 bits per heavy atom. The number of nitrogens with one attached hydrogen (secondary N) is 2. The van der Waals surface area contributed by atoms with Gasteiger partial charge < -0.3 is 10.6 Å². The van der Waals surface area contributed by atoms with Gasteiger partial charge in [0.15, 0.2) is 0 Å². The van der Waals surface area contributed by atoms with Crippen LogP contribution in [0.3, 0.4) is 0 Å². The third-order valence-corrected chi connectivity index (χ3v) is 5.12. The predicted molar refractivity (Wildman–Crippen MR) is 103 cm³/mol. The largest absolute Gasteiger partial charge is 0.433 e. The number of pyridine rings is 1. The molecule has 1 aliphatic carbocycles. The van der Waals surface area contributed by atoms with Crippen molar-refractivity contribution >= 4 is 11.6 Å². The summed E-state index contributed by atoms with van der Waals surface area (Å²) in [6.45, 7) is 0. The van der Waals surface area contributed by atoms with Crippen molar-refractivity contribution in [3.8, 4) is 6.07 Å². The molecule has 2 aromatic rings. The zero-order valence-electron chi connectivity index (χ0n) is 16.5. The van der Waals surface area contributed by atoms with E-state index in [2.05, 4.69) is 15.6 Å². The fourth-order valence-corrected chi connectivity index (χ4v) is 3.49. The number of anilines is 1. The number of aromatic nitrogens is 1. The topological polar surface area (TPSA) is 77.8 Å². The average molecular weight is 456 g/mol. The van der Waals surface area contributed by atoms with Crippen molar-refractivity contribution in [2.45, 2.75) is 50.1 Å². The lowest BCUT2D eigenvalue weighted by Gasteiger charge is -2.30. The first-order valence-corrected chi connectivity index (χ1v) is 9.70. The molecule has 170 valence electrons. The second-order valence-corrected chi connectivity index (χ2v) is 7.48. The summed E-state index contributed by atoms with van der Waals surface area (Å²) >= 11 is 0. The van der Waals surface area contributed by atoms with Crippen LogP contribution >= 0.6 is 0 Å². The van der Waals surface area contributed by atoms with Crippen LogP contribution in [0.1, 0.15) is 53.0 Å². The average Bonchev–Trinajstić information content (AvgIpc) is 2.73. The summed E-state index contributed by atoms with van der Waals surface area (Å²) < 4.78 is 77.7. The van der Waals surface area contributed by atoms with Gasteiger partial charge in [-0.1, -0.05) is 0 Å². The summed E-state index contributed by atoms with van der Waals surface area (Å²) in [6.07, 6.45) is -8.12. The van der Waals surface area contributed by atoms with Gasteiger partial charge in [0.2, 0.25) is 0 Å². The van der Waals surface area contributed by atoms with Gasteiger partial charge in [-0.25, -0.2) is 4.98 Å². The fraction of sp³-hybridized carbons (Fsp3) is 0.381. The molecule has 0 radical (unpaired) electrons. The van der Waals surface area contributed by atoms with Crippen LogP contribution in [-0.4, -0.2) is 23.0 Å². The number of hydrogen-bond donors (Lipinski definition) is 2. The van der Waals surface area contributed by atoms with E-state index in [9.17, 15) is 31.1 Å². The number of carbonyl (C=O) groups is 1. The number of hydrogen-bond acceptors (Lipinski definition) is 4. The molecule has 3 rings (SSSR count). The SMILES string of the molecule is N#Cc1ccc(C(=O)N[C@H]2CC[C@@H](Nc3cc(C(F)(F)F)nc(C(F)(F)F)c3)CC2)cc1. The Hall–Kier alpha value is -3.29. The highest BCUT2D eigenvalue weighted by Crippen LogP contribution is 2.35. The van der Waals surface area contributed by atoms with E-state index in [-0.39, 0.29) is 23.7 Å². The number of alkyl halides is 6. The molecule has 0 saturated heterocycles. The number of nitrogens with zero attached hydrogens (tertiary/aromatic N) is 2. The standard InChI is InChI=1S/C21H18F6N4O/c22-20(23,24)17-9-16(10-18(31-17)21(25,26)27)29-14-5-7-15(8-6-14)30-19(32)13-3-1-12(11-28)2-4-13/h1-4,9-10,14-15H,5-8H2,(H,29,31)(H,30,32)/t14-,15+. The molecule has 1 aliphatic rings. The lowest BCUT2D eigenvalue weighted by molar-refractivity contribution is -0.150. The zero-order chi connectivity index (χ0) is 23.5. The quantitative estimate of drug-likeness (QED) is 0.625. The van der Waals surface area contributed by atoms with Crippen molar-refractivity contribution in [1.29, 1.82) is 5.26 Å². The zero-order valence-corrected chi connectivity index (χ0v) is 16.5. The highest BCUT2D eigenvalue weighted by atomic mass is 19.4. The summed E-state index contributed by atoms with van der Waals surface area (Å²) in [7, 11) is 0. The molecule has 0 unspecified atom stereocenters. The van der Waals surface area contributed by atoms with Gasteiger partial charge in [-0.15, -0.1) is 0 Å².